The smallest absolute Gasteiger partial charge is 0.309 e. The van der Waals surface area contributed by atoms with Crippen LogP contribution in [0.4, 0.5) is 0 Å². The van der Waals surface area contributed by atoms with Gasteiger partial charge < -0.3 is 53.6 Å². The van der Waals surface area contributed by atoms with E-state index >= 15 is 0 Å². The first-order valence-corrected chi connectivity index (χ1v) is 17.0. The summed E-state index contributed by atoms with van der Waals surface area (Å²) < 4.78 is 40.9. The van der Waals surface area contributed by atoms with Crippen molar-refractivity contribution >= 4 is 23.9 Å². The van der Waals surface area contributed by atoms with Gasteiger partial charge in [0, 0.05) is 6.42 Å². The summed E-state index contributed by atoms with van der Waals surface area (Å²) in [7, 11) is 0. The van der Waals surface area contributed by atoms with Crippen LogP contribution >= 0.6 is 0 Å². The molecule has 0 bridgehead atoms. The van der Waals surface area contributed by atoms with Gasteiger partial charge in [-0.1, -0.05) is 61.8 Å². The fraction of sp³-hybridized carbons (Fsp3) is 0.879. The van der Waals surface area contributed by atoms with Gasteiger partial charge in [0.2, 0.25) is 12.1 Å². The van der Waals surface area contributed by atoms with E-state index in [9.17, 15) is 39.6 Å². The number of esters is 4. The van der Waals surface area contributed by atoms with E-state index in [1.807, 2.05) is 13.8 Å². The van der Waals surface area contributed by atoms with Crippen LogP contribution in [-0.2, 0) is 52.3 Å². The Bertz CT molecular complexity index is 1050. The Labute approximate surface area is 282 Å². The van der Waals surface area contributed by atoms with Crippen LogP contribution < -0.4 is 0 Å². The molecule has 48 heavy (non-hydrogen) atoms. The molecule has 0 aliphatic carbocycles. The maximum atomic E-state index is 13.3. The molecular weight excluding hydrogens is 636 g/mol. The lowest BCUT2D eigenvalue weighted by atomic mass is 9.96. The Balaban J connectivity index is 2.72. The van der Waals surface area contributed by atoms with E-state index in [1.54, 1.807) is 41.5 Å². The van der Waals surface area contributed by atoms with Crippen LogP contribution in [0.25, 0.3) is 0 Å². The van der Waals surface area contributed by atoms with Gasteiger partial charge in [-0.15, -0.1) is 0 Å². The largest absolute Gasteiger partial charge is 0.463 e. The molecule has 0 amide bonds. The number of hydrogen-bond donors (Lipinski definition) is 4. The zero-order valence-electron chi connectivity index (χ0n) is 29.4. The highest BCUT2D eigenvalue weighted by Crippen LogP contribution is 2.38. The van der Waals surface area contributed by atoms with Crippen LogP contribution in [0.2, 0.25) is 0 Å². The molecule has 0 aromatic rings. The minimum absolute atomic E-state index is 0.0438. The third-order valence-electron chi connectivity index (χ3n) is 9.23. The number of aliphatic hydroxyl groups excluding tert-OH is 4. The van der Waals surface area contributed by atoms with Crippen LogP contribution in [-0.4, -0.2) is 119 Å². The summed E-state index contributed by atoms with van der Waals surface area (Å²) in [6, 6.07) is 0. The average molecular weight is 693 g/mol. The van der Waals surface area contributed by atoms with Gasteiger partial charge in [-0.3, -0.25) is 19.2 Å². The lowest BCUT2D eigenvalue weighted by Crippen LogP contribution is -2.65. The number of carbonyl (C=O) groups excluding carboxylic acids is 4. The summed E-state index contributed by atoms with van der Waals surface area (Å²) in [5.41, 5.74) is 0. The normalized spacial score (nSPS) is 32.8. The molecule has 2 aliphatic heterocycles. The van der Waals surface area contributed by atoms with Crippen LogP contribution in [0.1, 0.15) is 87.5 Å². The summed E-state index contributed by atoms with van der Waals surface area (Å²) in [5.74, 6) is -7.01. The predicted molar refractivity (Wildman–Crippen MR) is 167 cm³/mol. The average Bonchev–Trinajstić information content (AvgIpc) is 3.32. The molecule has 15 nitrogen and oxygen atoms in total. The van der Waals surface area contributed by atoms with Crippen molar-refractivity contribution in [1.29, 1.82) is 0 Å². The topological polar surface area (TPSA) is 214 Å². The second kappa shape index (κ2) is 19.1. The Hall–Kier alpha value is -2.40. The van der Waals surface area contributed by atoms with E-state index in [4.69, 9.17) is 33.2 Å². The number of aliphatic hydroxyl groups is 4. The van der Waals surface area contributed by atoms with Gasteiger partial charge in [-0.2, -0.15) is 0 Å². The Morgan fingerprint density at radius 3 is 1.75 bits per heavy atom. The predicted octanol–water partition coefficient (Wildman–Crippen LogP) is 1.38. The molecule has 0 aromatic carbocycles. The van der Waals surface area contributed by atoms with Gasteiger partial charge in [0.25, 0.3) is 0 Å². The first kappa shape index (κ1) is 41.8. The molecule has 2 heterocycles. The highest BCUT2D eigenvalue weighted by Gasteiger charge is 2.61. The Kier molecular flexibility index (Phi) is 16.6. The van der Waals surface area contributed by atoms with Crippen molar-refractivity contribution < 1.29 is 72.8 Å². The van der Waals surface area contributed by atoms with Gasteiger partial charge in [-0.25, -0.2) is 0 Å². The summed E-state index contributed by atoms with van der Waals surface area (Å²) in [6.45, 7) is 11.6. The highest BCUT2D eigenvalue weighted by atomic mass is 16.8. The van der Waals surface area contributed by atoms with E-state index in [2.05, 4.69) is 0 Å². The molecule has 0 radical (unpaired) electrons. The van der Waals surface area contributed by atoms with Crippen molar-refractivity contribution in [3.05, 3.63) is 0 Å². The fourth-order valence-corrected chi connectivity index (χ4v) is 4.91. The van der Waals surface area contributed by atoms with Crippen molar-refractivity contribution in [3.63, 3.8) is 0 Å². The molecule has 2 rings (SSSR count). The van der Waals surface area contributed by atoms with Crippen LogP contribution in [0.15, 0.2) is 0 Å². The summed E-state index contributed by atoms with van der Waals surface area (Å²) >= 11 is 0. The van der Waals surface area contributed by atoms with Crippen molar-refractivity contribution in [2.75, 3.05) is 19.8 Å². The molecule has 2 fully saturated rings. The minimum Gasteiger partial charge on any atom is -0.463 e. The highest BCUT2D eigenvalue weighted by molar-refractivity contribution is 5.74. The van der Waals surface area contributed by atoms with Crippen molar-refractivity contribution in [2.24, 2.45) is 23.7 Å². The molecule has 4 unspecified atom stereocenters. The molecule has 4 N–H and O–H groups in total. The third-order valence-corrected chi connectivity index (χ3v) is 9.23. The lowest BCUT2D eigenvalue weighted by molar-refractivity contribution is -0.384. The standard InChI is InChI=1S/C33H56O15/c1-9-17(5)13-23(36)44-26-25(45-30(40)19(7)11-3)22(15-42-29(39)18(6)10-2)43-32(27(26)46-31(41)20(8)12-4)48-33(16-35)28(38)24(37)21(14-34)47-33/h17-22,24-28,32,34-35,37-38H,9-16H2,1-8H3/t17?,18?,19?,20?,21-,22-,24-,25-,26+,27-,28+,32-,33+/m1/s1. The minimum atomic E-state index is -2.41. The fourth-order valence-electron chi connectivity index (χ4n) is 4.91. The van der Waals surface area contributed by atoms with E-state index < -0.39 is 116 Å². The second-order valence-corrected chi connectivity index (χ2v) is 12.9. The van der Waals surface area contributed by atoms with Crippen molar-refractivity contribution in [2.45, 2.75) is 142 Å². The number of carbonyl (C=O) groups is 4. The molecule has 13 atom stereocenters. The van der Waals surface area contributed by atoms with Crippen LogP contribution in [0.3, 0.4) is 0 Å². The maximum Gasteiger partial charge on any atom is 0.309 e. The molecule has 278 valence electrons. The van der Waals surface area contributed by atoms with Crippen molar-refractivity contribution in [3.8, 4) is 0 Å². The Morgan fingerprint density at radius 1 is 0.729 bits per heavy atom. The van der Waals surface area contributed by atoms with E-state index in [-0.39, 0.29) is 12.3 Å². The van der Waals surface area contributed by atoms with Crippen LogP contribution in [0.5, 0.6) is 0 Å². The molecular formula is C33H56O15. The van der Waals surface area contributed by atoms with Gasteiger partial charge in [0.05, 0.1) is 24.4 Å². The Morgan fingerprint density at radius 2 is 1.27 bits per heavy atom. The van der Waals surface area contributed by atoms with Gasteiger partial charge >= 0.3 is 23.9 Å². The molecule has 2 saturated heterocycles. The van der Waals surface area contributed by atoms with Gasteiger partial charge in [0.15, 0.2) is 18.3 Å². The first-order chi connectivity index (χ1) is 22.6. The number of rotatable bonds is 18. The zero-order chi connectivity index (χ0) is 36.3. The monoisotopic (exact) mass is 692 g/mol. The maximum absolute atomic E-state index is 13.3. The second-order valence-electron chi connectivity index (χ2n) is 12.9. The summed E-state index contributed by atoms with van der Waals surface area (Å²) in [6.07, 6.45) is -11.1. The quantitative estimate of drug-likeness (QED) is 0.118. The molecule has 2 aliphatic rings. The number of ether oxygens (including phenoxy) is 7. The van der Waals surface area contributed by atoms with Crippen LogP contribution in [0, 0.1) is 23.7 Å². The third kappa shape index (κ3) is 10.3. The van der Waals surface area contributed by atoms with Gasteiger partial charge in [-0.05, 0) is 25.2 Å². The molecule has 0 aromatic heterocycles. The van der Waals surface area contributed by atoms with Gasteiger partial charge in [0.1, 0.15) is 37.6 Å². The molecule has 0 spiro atoms. The number of hydrogen-bond acceptors (Lipinski definition) is 15. The molecule has 0 saturated carbocycles. The van der Waals surface area contributed by atoms with E-state index in [1.165, 1.54) is 0 Å². The lowest BCUT2D eigenvalue weighted by Gasteiger charge is -2.46. The first-order valence-electron chi connectivity index (χ1n) is 17.0. The van der Waals surface area contributed by atoms with E-state index in [0.29, 0.717) is 25.7 Å². The zero-order valence-corrected chi connectivity index (χ0v) is 29.4. The SMILES string of the molecule is CCC(C)CC(=O)O[C@@H]1[C@@H](OC(=O)C(C)CC)[C@@H](O[C@]2(CO)O[C@H](CO)[C@@H](O)[C@@H]2O)O[C@H](COC(=O)C(C)CC)[C@H]1OC(=O)C(C)CC. The summed E-state index contributed by atoms with van der Waals surface area (Å²) in [4.78, 5) is 52.6. The van der Waals surface area contributed by atoms with Crippen molar-refractivity contribution in [1.82, 2.24) is 0 Å². The van der Waals surface area contributed by atoms with E-state index in [0.717, 1.165) is 0 Å². The molecule has 15 heteroatoms. The summed E-state index contributed by atoms with van der Waals surface area (Å²) in [5, 5.41) is 41.5.